The fraction of sp³-hybridized carbons (Fsp3) is 0.611. The van der Waals surface area contributed by atoms with E-state index < -0.39 is 5.60 Å². The molecule has 3 fully saturated rings. The molecule has 4 bridgehead atoms. The largest absolute Gasteiger partial charge is 0.508 e. The number of aromatic hydroxyl groups is 1. The van der Waals surface area contributed by atoms with Crippen LogP contribution in [-0.4, -0.2) is 71.3 Å². The number of likely N-dealkylation sites (tertiary alicyclic amines) is 1. The molecule has 1 aromatic rings. The van der Waals surface area contributed by atoms with Crippen LogP contribution in [0.3, 0.4) is 0 Å². The fourth-order valence-electron chi connectivity index (χ4n) is 9.32. The number of nitrogens with one attached hydrogen (secondary N) is 1. The van der Waals surface area contributed by atoms with E-state index in [-0.39, 0.29) is 28.9 Å². The van der Waals surface area contributed by atoms with Crippen LogP contribution in [0.25, 0.3) is 0 Å². The van der Waals surface area contributed by atoms with Gasteiger partial charge in [0.25, 0.3) is 0 Å². The molecule has 0 aromatic heterocycles. The Hall–Kier alpha value is -3.06. The van der Waals surface area contributed by atoms with Crippen LogP contribution in [-0.2, 0) is 21.4 Å². The molecule has 43 heavy (non-hydrogen) atoms. The van der Waals surface area contributed by atoms with E-state index in [0.29, 0.717) is 24.3 Å². The lowest BCUT2D eigenvalue weighted by Gasteiger charge is -2.67. The van der Waals surface area contributed by atoms with E-state index in [1.165, 1.54) is 17.5 Å². The van der Waals surface area contributed by atoms with Gasteiger partial charge >= 0.3 is 6.09 Å². The molecular weight excluding hydrogens is 538 g/mol. The van der Waals surface area contributed by atoms with Crippen molar-refractivity contribution >= 4 is 12.0 Å². The lowest BCUT2D eigenvalue weighted by molar-refractivity contribution is -0.136. The van der Waals surface area contributed by atoms with Gasteiger partial charge in [0.2, 0.25) is 5.91 Å². The zero-order valence-corrected chi connectivity index (χ0v) is 26.6. The number of likely N-dealkylation sites (N-methyl/N-ethyl adjacent to an activating group) is 1. The number of fused-ring (bicyclic) bond motifs is 1. The van der Waals surface area contributed by atoms with Gasteiger partial charge < -0.3 is 20.1 Å². The zero-order valence-electron chi connectivity index (χ0n) is 26.6. The summed E-state index contributed by atoms with van der Waals surface area (Å²) in [6.45, 7) is 12.1. The first-order chi connectivity index (χ1) is 20.5. The van der Waals surface area contributed by atoms with Crippen LogP contribution < -0.4 is 5.32 Å². The number of phenols is 1. The second-order valence-electron chi connectivity index (χ2n) is 14.1. The Balaban J connectivity index is 1.30. The number of amides is 2. The standard InChI is InChI=1S/C36H51N3O4/c1-6-7-8-10-13-32(41)38(5)30-17-19-35-18-16-28(30)36(35)20-23-39(31(35)24-26-14-15-27(40)25-29(26)36)22-12-9-11-21-37-33(42)43-34(2,3)4/h6-8,10,13-15,25,28,30-31,40H,1,9,11-12,16-24H2,2-5H3,(H,37,42)/b8-7-,13-10+. The summed E-state index contributed by atoms with van der Waals surface area (Å²) in [4.78, 5) is 30.0. The number of carbonyl (C=O) groups is 2. The van der Waals surface area contributed by atoms with Crippen molar-refractivity contribution in [3.05, 3.63) is 66.3 Å². The van der Waals surface area contributed by atoms with Crippen molar-refractivity contribution in [2.45, 2.75) is 102 Å². The molecule has 5 rings (SSSR count). The molecule has 5 atom stereocenters. The van der Waals surface area contributed by atoms with Crippen LogP contribution in [0.5, 0.6) is 5.75 Å². The number of rotatable bonds is 10. The molecule has 7 heteroatoms. The number of hydrogen-bond acceptors (Lipinski definition) is 5. The summed E-state index contributed by atoms with van der Waals surface area (Å²) in [5.74, 6) is 0.792. The van der Waals surface area contributed by atoms with Gasteiger partial charge in [-0.05, 0) is 120 Å². The molecule has 1 heterocycles. The second-order valence-corrected chi connectivity index (χ2v) is 14.1. The first-order valence-corrected chi connectivity index (χ1v) is 16.3. The molecule has 7 nitrogen and oxygen atoms in total. The minimum atomic E-state index is -0.479. The molecule has 234 valence electrons. The van der Waals surface area contributed by atoms with Crippen LogP contribution in [0.1, 0.15) is 83.3 Å². The van der Waals surface area contributed by atoms with Gasteiger partial charge in [0, 0.05) is 37.2 Å². The van der Waals surface area contributed by atoms with E-state index >= 15 is 0 Å². The van der Waals surface area contributed by atoms with Crippen molar-refractivity contribution in [3.8, 4) is 5.75 Å². The molecule has 3 aliphatic carbocycles. The number of ether oxygens (including phenoxy) is 1. The third-order valence-electron chi connectivity index (χ3n) is 10.9. The Morgan fingerprint density at radius 2 is 1.93 bits per heavy atom. The molecule has 2 N–H and O–H groups in total. The van der Waals surface area contributed by atoms with Crippen LogP contribution in [0, 0.1) is 11.3 Å². The number of nitrogens with zero attached hydrogens (tertiary/aromatic N) is 2. The minimum absolute atomic E-state index is 0.0122. The van der Waals surface area contributed by atoms with Gasteiger partial charge in [0.1, 0.15) is 11.4 Å². The SMILES string of the molecule is C=C/C=C\C=C\C(=O)N(C)C1CCC23CCC1C21CCN(CCCCCNC(=O)OC(C)(C)C)C3Cc2ccc(O)cc21. The van der Waals surface area contributed by atoms with Gasteiger partial charge in [-0.3, -0.25) is 9.69 Å². The Morgan fingerprint density at radius 3 is 2.70 bits per heavy atom. The van der Waals surface area contributed by atoms with E-state index in [9.17, 15) is 14.7 Å². The Morgan fingerprint density at radius 1 is 1.14 bits per heavy atom. The Kier molecular flexibility index (Phi) is 9.12. The predicted octanol–water partition coefficient (Wildman–Crippen LogP) is 6.27. The van der Waals surface area contributed by atoms with Gasteiger partial charge in [0.15, 0.2) is 0 Å². The molecule has 0 radical (unpaired) electrons. The number of alkyl carbamates (subject to hydrolysis) is 1. The van der Waals surface area contributed by atoms with E-state index in [4.69, 9.17) is 4.74 Å². The highest BCUT2D eigenvalue weighted by atomic mass is 16.6. The molecule has 5 unspecified atom stereocenters. The van der Waals surface area contributed by atoms with Gasteiger partial charge in [-0.2, -0.15) is 0 Å². The highest BCUT2D eigenvalue weighted by Gasteiger charge is 2.71. The normalized spacial score (nSPS) is 29.7. The van der Waals surface area contributed by atoms with Crippen molar-refractivity contribution in [1.29, 1.82) is 0 Å². The summed E-state index contributed by atoms with van der Waals surface area (Å²) in [5.41, 5.74) is 2.42. The molecular formula is C36H51N3O4. The summed E-state index contributed by atoms with van der Waals surface area (Å²) in [7, 11) is 1.98. The summed E-state index contributed by atoms with van der Waals surface area (Å²) >= 11 is 0. The van der Waals surface area contributed by atoms with E-state index in [1.54, 1.807) is 18.2 Å². The molecule has 1 saturated heterocycles. The molecule has 0 spiro atoms. The number of unbranched alkanes of at least 4 members (excludes halogenated alkanes) is 2. The predicted molar refractivity (Wildman–Crippen MR) is 171 cm³/mol. The maximum absolute atomic E-state index is 13.3. The molecule has 4 aliphatic rings. The summed E-state index contributed by atoms with van der Waals surface area (Å²) in [5, 5.41) is 13.6. The number of phenolic OH excluding ortho intramolecular Hbond substituents is 1. The smallest absolute Gasteiger partial charge is 0.407 e. The zero-order chi connectivity index (χ0) is 30.8. The van der Waals surface area contributed by atoms with Gasteiger partial charge in [-0.1, -0.05) is 43.4 Å². The summed E-state index contributed by atoms with van der Waals surface area (Å²) in [6, 6.07) is 6.74. The number of benzene rings is 1. The van der Waals surface area contributed by atoms with Crippen LogP contribution in [0.4, 0.5) is 4.79 Å². The lowest BCUT2D eigenvalue weighted by atomic mass is 9.43. The molecule has 1 aliphatic heterocycles. The third-order valence-corrected chi connectivity index (χ3v) is 10.9. The monoisotopic (exact) mass is 589 g/mol. The summed E-state index contributed by atoms with van der Waals surface area (Å²) < 4.78 is 5.35. The second kappa shape index (κ2) is 12.5. The van der Waals surface area contributed by atoms with Crippen molar-refractivity contribution < 1.29 is 19.4 Å². The van der Waals surface area contributed by atoms with Crippen LogP contribution in [0.2, 0.25) is 0 Å². The molecule has 1 aromatic carbocycles. The Bertz CT molecular complexity index is 1270. The van der Waals surface area contributed by atoms with Crippen LogP contribution in [0.15, 0.2) is 55.2 Å². The number of hydrogen-bond donors (Lipinski definition) is 2. The van der Waals surface area contributed by atoms with Crippen molar-refractivity contribution in [2.24, 2.45) is 11.3 Å². The number of allylic oxidation sites excluding steroid dienone is 4. The van der Waals surface area contributed by atoms with Gasteiger partial charge in [0.05, 0.1) is 0 Å². The van der Waals surface area contributed by atoms with E-state index in [0.717, 1.165) is 64.5 Å². The van der Waals surface area contributed by atoms with Crippen molar-refractivity contribution in [1.82, 2.24) is 15.1 Å². The highest BCUT2D eigenvalue weighted by molar-refractivity contribution is 5.88. The molecule has 2 amide bonds. The van der Waals surface area contributed by atoms with Crippen LogP contribution >= 0.6 is 0 Å². The van der Waals surface area contributed by atoms with Gasteiger partial charge in [-0.25, -0.2) is 4.79 Å². The van der Waals surface area contributed by atoms with E-state index in [2.05, 4.69) is 28.9 Å². The van der Waals surface area contributed by atoms with Crippen molar-refractivity contribution in [2.75, 3.05) is 26.7 Å². The van der Waals surface area contributed by atoms with Crippen molar-refractivity contribution in [3.63, 3.8) is 0 Å². The first kappa shape index (κ1) is 31.4. The van der Waals surface area contributed by atoms with Gasteiger partial charge in [-0.15, -0.1) is 0 Å². The fourth-order valence-corrected chi connectivity index (χ4v) is 9.32. The maximum atomic E-state index is 13.3. The first-order valence-electron chi connectivity index (χ1n) is 16.3. The molecule has 2 saturated carbocycles. The summed E-state index contributed by atoms with van der Waals surface area (Å²) in [6.07, 6.45) is 18.2. The minimum Gasteiger partial charge on any atom is -0.508 e. The van der Waals surface area contributed by atoms with E-state index in [1.807, 2.05) is 50.9 Å². The average molecular weight is 590 g/mol. The quantitative estimate of drug-likeness (QED) is 0.191. The maximum Gasteiger partial charge on any atom is 0.407 e. The number of carbonyl (C=O) groups excluding carboxylic acids is 2. The topological polar surface area (TPSA) is 82.1 Å². The highest BCUT2D eigenvalue weighted by Crippen LogP contribution is 2.72. The Labute approximate surface area is 258 Å². The third kappa shape index (κ3) is 5.90. The average Bonchev–Trinajstić information content (AvgIpc) is 3.18. The lowest BCUT2D eigenvalue weighted by Crippen LogP contribution is -2.70. The number of piperidine rings is 1.